The second-order valence-electron chi connectivity index (χ2n) is 5.30. The molecule has 0 amide bonds. The Balaban J connectivity index is 2.39. The molecule has 1 unspecified atom stereocenters. The van der Waals surface area contributed by atoms with Gasteiger partial charge in [0.2, 0.25) is 0 Å². The topological polar surface area (TPSA) is 43.1 Å². The van der Waals surface area contributed by atoms with Crippen LogP contribution in [0.1, 0.15) is 65.2 Å². The summed E-state index contributed by atoms with van der Waals surface area (Å²) in [5, 5.41) is 0. The zero-order valence-corrected chi connectivity index (χ0v) is 10.2. The fourth-order valence-electron chi connectivity index (χ4n) is 2.55. The van der Waals surface area contributed by atoms with Crippen LogP contribution in [0, 0.1) is 5.92 Å². The van der Waals surface area contributed by atoms with E-state index in [4.69, 9.17) is 5.73 Å². The quantitative estimate of drug-likeness (QED) is 0.759. The lowest BCUT2D eigenvalue weighted by Gasteiger charge is -2.27. The third-order valence-corrected chi connectivity index (χ3v) is 3.61. The lowest BCUT2D eigenvalue weighted by atomic mass is 9.81. The number of carbonyl (C=O) groups excluding carboxylic acids is 1. The monoisotopic (exact) mass is 211 g/mol. The molecule has 0 bridgehead atoms. The Morgan fingerprint density at radius 3 is 2.47 bits per heavy atom. The van der Waals surface area contributed by atoms with Gasteiger partial charge in [-0.25, -0.2) is 0 Å². The minimum Gasteiger partial charge on any atom is -0.319 e. The van der Waals surface area contributed by atoms with Crippen molar-refractivity contribution in [3.05, 3.63) is 0 Å². The lowest BCUT2D eigenvalue weighted by Crippen LogP contribution is -2.45. The van der Waals surface area contributed by atoms with E-state index in [0.717, 1.165) is 12.8 Å². The number of ketones is 1. The van der Waals surface area contributed by atoms with Crippen molar-refractivity contribution < 1.29 is 4.79 Å². The number of rotatable bonds is 5. The van der Waals surface area contributed by atoms with Crippen molar-refractivity contribution >= 4 is 5.78 Å². The zero-order valence-electron chi connectivity index (χ0n) is 10.2. The van der Waals surface area contributed by atoms with E-state index in [1.54, 1.807) is 0 Å². The lowest BCUT2D eigenvalue weighted by molar-refractivity contribution is -0.125. The van der Waals surface area contributed by atoms with Crippen molar-refractivity contribution in [3.63, 3.8) is 0 Å². The van der Waals surface area contributed by atoms with Crippen molar-refractivity contribution in [1.82, 2.24) is 0 Å². The third kappa shape index (κ3) is 3.94. The smallest absolute Gasteiger partial charge is 0.152 e. The van der Waals surface area contributed by atoms with Gasteiger partial charge in [0, 0.05) is 6.42 Å². The standard InChI is InChI=1S/C13H25NO/c1-3-9-13(2,14)12(15)10-11-7-5-4-6-8-11/h11H,3-10,14H2,1-2H3. The summed E-state index contributed by atoms with van der Waals surface area (Å²) in [7, 11) is 0. The molecule has 0 aromatic rings. The summed E-state index contributed by atoms with van der Waals surface area (Å²) >= 11 is 0. The van der Waals surface area contributed by atoms with E-state index in [-0.39, 0.29) is 5.78 Å². The van der Waals surface area contributed by atoms with Crippen LogP contribution in [0.4, 0.5) is 0 Å². The average molecular weight is 211 g/mol. The minimum absolute atomic E-state index is 0.274. The Kier molecular flexibility index (Phi) is 4.78. The molecule has 1 fully saturated rings. The molecule has 1 atom stereocenters. The van der Waals surface area contributed by atoms with Crippen molar-refractivity contribution in [3.8, 4) is 0 Å². The number of Topliss-reactive ketones (excluding diaryl/α,β-unsaturated/α-hetero) is 1. The summed E-state index contributed by atoms with van der Waals surface area (Å²) < 4.78 is 0. The Morgan fingerprint density at radius 2 is 1.93 bits per heavy atom. The SMILES string of the molecule is CCCC(C)(N)C(=O)CC1CCCCC1. The van der Waals surface area contributed by atoms with Crippen molar-refractivity contribution in [2.45, 2.75) is 70.8 Å². The first-order valence-electron chi connectivity index (χ1n) is 6.38. The fraction of sp³-hybridized carbons (Fsp3) is 0.923. The molecule has 0 saturated heterocycles. The molecule has 2 nitrogen and oxygen atoms in total. The van der Waals surface area contributed by atoms with Gasteiger partial charge in [-0.2, -0.15) is 0 Å². The maximum absolute atomic E-state index is 12.0. The number of hydrogen-bond acceptors (Lipinski definition) is 2. The van der Waals surface area contributed by atoms with Crippen molar-refractivity contribution in [1.29, 1.82) is 0 Å². The van der Waals surface area contributed by atoms with E-state index in [0.29, 0.717) is 12.3 Å². The van der Waals surface area contributed by atoms with Gasteiger partial charge in [-0.1, -0.05) is 45.4 Å². The maximum atomic E-state index is 12.0. The maximum Gasteiger partial charge on any atom is 0.152 e. The van der Waals surface area contributed by atoms with Gasteiger partial charge < -0.3 is 5.73 Å². The van der Waals surface area contributed by atoms with Crippen LogP contribution in [0.25, 0.3) is 0 Å². The summed E-state index contributed by atoms with van der Waals surface area (Å²) in [6.45, 7) is 3.97. The predicted molar refractivity (Wildman–Crippen MR) is 63.7 cm³/mol. The van der Waals surface area contributed by atoms with E-state index < -0.39 is 5.54 Å². The highest BCUT2D eigenvalue weighted by Crippen LogP contribution is 2.28. The van der Waals surface area contributed by atoms with Gasteiger partial charge in [0.1, 0.15) is 0 Å². The molecule has 15 heavy (non-hydrogen) atoms. The molecule has 1 rings (SSSR count). The molecule has 0 spiro atoms. The van der Waals surface area contributed by atoms with Crippen LogP contribution in [0.15, 0.2) is 0 Å². The van der Waals surface area contributed by atoms with Crippen LogP contribution >= 0.6 is 0 Å². The van der Waals surface area contributed by atoms with Gasteiger partial charge in [0.15, 0.2) is 5.78 Å². The fourth-order valence-corrected chi connectivity index (χ4v) is 2.55. The van der Waals surface area contributed by atoms with Gasteiger partial charge in [0.25, 0.3) is 0 Å². The molecular formula is C13H25NO. The second kappa shape index (κ2) is 5.64. The molecule has 2 N–H and O–H groups in total. The molecule has 0 radical (unpaired) electrons. The van der Waals surface area contributed by atoms with Crippen LogP contribution in [0.3, 0.4) is 0 Å². The Morgan fingerprint density at radius 1 is 1.33 bits per heavy atom. The molecular weight excluding hydrogens is 186 g/mol. The van der Waals surface area contributed by atoms with Gasteiger partial charge >= 0.3 is 0 Å². The molecule has 1 saturated carbocycles. The Hall–Kier alpha value is -0.370. The largest absolute Gasteiger partial charge is 0.319 e. The molecule has 0 aromatic heterocycles. The molecule has 1 aliphatic rings. The first-order valence-corrected chi connectivity index (χ1v) is 6.38. The highest BCUT2D eigenvalue weighted by molar-refractivity contribution is 5.87. The van der Waals surface area contributed by atoms with Gasteiger partial charge in [0.05, 0.1) is 5.54 Å². The molecule has 88 valence electrons. The summed E-state index contributed by atoms with van der Waals surface area (Å²) in [5.41, 5.74) is 5.46. The highest BCUT2D eigenvalue weighted by atomic mass is 16.1. The molecule has 0 aliphatic heterocycles. The summed E-state index contributed by atoms with van der Waals surface area (Å²) in [6.07, 6.45) is 8.93. The zero-order chi connectivity index (χ0) is 11.3. The van der Waals surface area contributed by atoms with Gasteiger partial charge in [-0.05, 0) is 19.3 Å². The molecule has 1 aliphatic carbocycles. The highest BCUT2D eigenvalue weighted by Gasteiger charge is 2.29. The summed E-state index contributed by atoms with van der Waals surface area (Å²) in [5.74, 6) is 0.891. The first-order chi connectivity index (χ1) is 7.06. The van der Waals surface area contributed by atoms with E-state index in [1.807, 2.05) is 6.92 Å². The van der Waals surface area contributed by atoms with Crippen molar-refractivity contribution in [2.75, 3.05) is 0 Å². The minimum atomic E-state index is -0.577. The first kappa shape index (κ1) is 12.7. The predicted octanol–water partition coefficient (Wildman–Crippen LogP) is 3.04. The van der Waals surface area contributed by atoms with Crippen LogP contribution in [-0.2, 0) is 4.79 Å². The van der Waals surface area contributed by atoms with Gasteiger partial charge in [-0.15, -0.1) is 0 Å². The van der Waals surface area contributed by atoms with E-state index in [1.165, 1.54) is 32.1 Å². The van der Waals surface area contributed by atoms with Crippen molar-refractivity contribution in [2.24, 2.45) is 11.7 Å². The van der Waals surface area contributed by atoms with Crippen LogP contribution in [0.2, 0.25) is 0 Å². The number of carbonyl (C=O) groups is 1. The number of hydrogen-bond donors (Lipinski definition) is 1. The van der Waals surface area contributed by atoms with Crippen LogP contribution < -0.4 is 5.73 Å². The molecule has 2 heteroatoms. The van der Waals surface area contributed by atoms with E-state index in [2.05, 4.69) is 6.92 Å². The molecule has 0 aromatic carbocycles. The number of nitrogens with two attached hydrogens (primary N) is 1. The normalized spacial score (nSPS) is 22.3. The molecule has 0 heterocycles. The van der Waals surface area contributed by atoms with E-state index in [9.17, 15) is 4.79 Å². The van der Waals surface area contributed by atoms with E-state index >= 15 is 0 Å². The Labute approximate surface area is 93.6 Å². The van der Waals surface area contributed by atoms with Crippen LogP contribution in [0.5, 0.6) is 0 Å². The average Bonchev–Trinajstić information content (AvgIpc) is 2.19. The Bertz CT molecular complexity index is 205. The second-order valence-corrected chi connectivity index (χ2v) is 5.30. The summed E-state index contributed by atoms with van der Waals surface area (Å²) in [6, 6.07) is 0. The van der Waals surface area contributed by atoms with Gasteiger partial charge in [-0.3, -0.25) is 4.79 Å². The van der Waals surface area contributed by atoms with Crippen LogP contribution in [-0.4, -0.2) is 11.3 Å². The summed E-state index contributed by atoms with van der Waals surface area (Å²) in [4.78, 5) is 12.0. The third-order valence-electron chi connectivity index (χ3n) is 3.61.